The van der Waals surface area contributed by atoms with Gasteiger partial charge in [0.15, 0.2) is 11.5 Å². The number of fused-ring (bicyclic) bond motifs is 1. The van der Waals surface area contributed by atoms with Crippen LogP contribution in [-0.2, 0) is 24.3 Å². The first-order chi connectivity index (χ1) is 14.4. The van der Waals surface area contributed by atoms with E-state index >= 15 is 0 Å². The lowest BCUT2D eigenvalue weighted by Gasteiger charge is -2.34. The molecule has 1 fully saturated rings. The van der Waals surface area contributed by atoms with Gasteiger partial charge in [0.2, 0.25) is 10.0 Å². The molecule has 0 unspecified atom stereocenters. The molecule has 0 aromatic heterocycles. The maximum Gasteiger partial charge on any atom is 0.309 e. The number of sulfonamides is 1. The fourth-order valence-electron chi connectivity index (χ4n) is 3.14. The molecule has 0 spiro atoms. The van der Waals surface area contributed by atoms with Crippen molar-refractivity contribution in [2.45, 2.75) is 37.3 Å². The summed E-state index contributed by atoms with van der Waals surface area (Å²) in [6.45, 7) is 3.60. The van der Waals surface area contributed by atoms with Crippen LogP contribution in [-0.4, -0.2) is 70.2 Å². The topological polar surface area (TPSA) is 123 Å². The number of nitrogens with zero attached hydrogens (tertiary/aromatic N) is 1. The summed E-state index contributed by atoms with van der Waals surface area (Å²) in [4.78, 5) is 23.8. The Morgan fingerprint density at radius 1 is 1.10 bits per heavy atom. The van der Waals surface area contributed by atoms with Gasteiger partial charge in [-0.05, 0) is 25.0 Å². The van der Waals surface area contributed by atoms with Gasteiger partial charge in [-0.2, -0.15) is 4.31 Å². The Bertz CT molecular complexity index is 875. The first kappa shape index (κ1) is 22.3. The number of carbonyl (C=O) groups is 2. The predicted molar refractivity (Wildman–Crippen MR) is 107 cm³/mol. The number of benzene rings is 1. The quantitative estimate of drug-likeness (QED) is 0.459. The average Bonchev–Trinajstić information content (AvgIpc) is 2.77. The van der Waals surface area contributed by atoms with Gasteiger partial charge in [-0.25, -0.2) is 8.42 Å². The maximum absolute atomic E-state index is 13.2. The Morgan fingerprint density at radius 2 is 1.83 bits per heavy atom. The Morgan fingerprint density at radius 3 is 2.60 bits per heavy atom. The number of ether oxygens (including phenoxy) is 3. The van der Waals surface area contributed by atoms with E-state index in [0.717, 1.165) is 12.8 Å². The van der Waals surface area contributed by atoms with E-state index in [4.69, 9.17) is 14.2 Å². The number of amides is 2. The third-order valence-electron chi connectivity index (χ3n) is 4.73. The Hall–Kier alpha value is -2.37. The van der Waals surface area contributed by atoms with Crippen LogP contribution in [0.4, 0.5) is 0 Å². The van der Waals surface area contributed by atoms with E-state index < -0.39 is 28.1 Å². The van der Waals surface area contributed by atoms with Crippen molar-refractivity contribution < 1.29 is 32.2 Å². The van der Waals surface area contributed by atoms with Crippen molar-refractivity contribution in [3.8, 4) is 11.5 Å². The van der Waals surface area contributed by atoms with Crippen molar-refractivity contribution >= 4 is 21.8 Å². The maximum atomic E-state index is 13.2. The second-order valence-electron chi connectivity index (χ2n) is 6.92. The van der Waals surface area contributed by atoms with Gasteiger partial charge in [0.05, 0.1) is 18.0 Å². The Balaban J connectivity index is 1.67. The van der Waals surface area contributed by atoms with Crippen LogP contribution >= 0.6 is 0 Å². The van der Waals surface area contributed by atoms with E-state index in [1.165, 1.54) is 16.4 Å². The van der Waals surface area contributed by atoms with Gasteiger partial charge in [0, 0.05) is 19.2 Å². The summed E-state index contributed by atoms with van der Waals surface area (Å²) >= 11 is 0. The highest BCUT2D eigenvalue weighted by Crippen LogP contribution is 2.34. The molecule has 0 radical (unpaired) electrons. The molecule has 1 saturated heterocycles. The van der Waals surface area contributed by atoms with Gasteiger partial charge in [0.1, 0.15) is 19.4 Å². The number of rotatable bonds is 7. The summed E-state index contributed by atoms with van der Waals surface area (Å²) in [5.74, 6) is -0.709. The molecular formula is C19H27N3O7S. The van der Waals surface area contributed by atoms with Crippen LogP contribution in [0.5, 0.6) is 11.5 Å². The van der Waals surface area contributed by atoms with Crippen LogP contribution in [0.15, 0.2) is 23.1 Å². The second kappa shape index (κ2) is 10.1. The van der Waals surface area contributed by atoms with Crippen molar-refractivity contribution in [1.29, 1.82) is 0 Å². The predicted octanol–water partition coefficient (Wildman–Crippen LogP) is 0.227. The molecule has 2 amide bonds. The fourth-order valence-corrected chi connectivity index (χ4v) is 4.72. The van der Waals surface area contributed by atoms with Crippen LogP contribution in [0.1, 0.15) is 26.2 Å². The number of unbranched alkanes of at least 4 members (excludes halogenated alkanes) is 1. The third kappa shape index (κ3) is 5.21. The molecule has 10 nitrogen and oxygen atoms in total. The van der Waals surface area contributed by atoms with Crippen LogP contribution in [0.2, 0.25) is 0 Å². The molecule has 1 aromatic rings. The molecule has 2 heterocycles. The lowest BCUT2D eigenvalue weighted by atomic mass is 10.3. The molecule has 3 rings (SSSR count). The van der Waals surface area contributed by atoms with Crippen LogP contribution in [0.3, 0.4) is 0 Å². The highest BCUT2D eigenvalue weighted by Gasteiger charge is 2.35. The highest BCUT2D eigenvalue weighted by molar-refractivity contribution is 7.89. The lowest BCUT2D eigenvalue weighted by Crippen LogP contribution is -2.53. The molecule has 30 heavy (non-hydrogen) atoms. The number of hydrogen-bond acceptors (Lipinski definition) is 7. The summed E-state index contributed by atoms with van der Waals surface area (Å²) in [5, 5.41) is 4.97. The minimum absolute atomic E-state index is 0.0471. The van der Waals surface area contributed by atoms with E-state index in [1.807, 2.05) is 6.92 Å². The van der Waals surface area contributed by atoms with E-state index in [0.29, 0.717) is 44.3 Å². The lowest BCUT2D eigenvalue weighted by molar-refractivity contribution is -0.140. The first-order valence-corrected chi connectivity index (χ1v) is 11.5. The van der Waals surface area contributed by atoms with Crippen molar-refractivity contribution in [1.82, 2.24) is 14.9 Å². The molecule has 0 aliphatic carbocycles. The first-order valence-electron chi connectivity index (χ1n) is 10.0. The van der Waals surface area contributed by atoms with Crippen LogP contribution in [0, 0.1) is 0 Å². The van der Waals surface area contributed by atoms with E-state index in [1.54, 1.807) is 6.07 Å². The van der Waals surface area contributed by atoms with Gasteiger partial charge in [0.25, 0.3) is 0 Å². The minimum Gasteiger partial charge on any atom is -0.486 e. The monoisotopic (exact) mass is 441 g/mol. The molecule has 0 bridgehead atoms. The normalized spacial score (nSPS) is 19.2. The molecule has 0 saturated carbocycles. The largest absolute Gasteiger partial charge is 0.486 e. The van der Waals surface area contributed by atoms with Gasteiger partial charge in [-0.3, -0.25) is 9.59 Å². The second-order valence-corrected chi connectivity index (χ2v) is 8.81. The summed E-state index contributed by atoms with van der Waals surface area (Å²) in [7, 11) is -3.91. The number of carbonyl (C=O) groups excluding carboxylic acids is 2. The van der Waals surface area contributed by atoms with Crippen molar-refractivity contribution in [3.05, 3.63) is 18.2 Å². The SMILES string of the molecule is CCCCNC(=O)C(=O)NC[C@@H]1OCCCN1S(=O)(=O)c1ccc2c(c1)OCCO2. The zero-order valence-electron chi connectivity index (χ0n) is 16.9. The van der Waals surface area contributed by atoms with E-state index in [2.05, 4.69) is 10.6 Å². The standard InChI is InChI=1S/C19H27N3O7S/c1-2-3-7-20-18(23)19(24)21-13-17-22(8-4-9-29-17)30(25,26)14-5-6-15-16(12-14)28-11-10-27-15/h5-6,12,17H,2-4,7-11,13H2,1H3,(H,20,23)(H,21,24)/t17-/m0/s1. The van der Waals surface area contributed by atoms with Crippen molar-refractivity contribution in [2.24, 2.45) is 0 Å². The van der Waals surface area contributed by atoms with E-state index in [9.17, 15) is 18.0 Å². The van der Waals surface area contributed by atoms with Gasteiger partial charge < -0.3 is 24.8 Å². The molecule has 166 valence electrons. The molecule has 2 aliphatic heterocycles. The Kier molecular flexibility index (Phi) is 7.51. The van der Waals surface area contributed by atoms with E-state index in [-0.39, 0.29) is 18.0 Å². The third-order valence-corrected chi connectivity index (χ3v) is 6.62. The van der Waals surface area contributed by atoms with Crippen molar-refractivity contribution in [2.75, 3.05) is 39.5 Å². The molecule has 2 aliphatic rings. The minimum atomic E-state index is -3.91. The van der Waals surface area contributed by atoms with Gasteiger partial charge in [-0.1, -0.05) is 13.3 Å². The summed E-state index contributed by atoms with van der Waals surface area (Å²) < 4.78 is 44.1. The van der Waals surface area contributed by atoms with Gasteiger partial charge >= 0.3 is 11.8 Å². The number of hydrogen-bond donors (Lipinski definition) is 2. The molecule has 1 atom stereocenters. The molecule has 11 heteroatoms. The van der Waals surface area contributed by atoms with Crippen LogP contribution in [0.25, 0.3) is 0 Å². The molecule has 2 N–H and O–H groups in total. The number of nitrogens with one attached hydrogen (secondary N) is 2. The summed E-state index contributed by atoms with van der Waals surface area (Å²) in [5.41, 5.74) is 0. The van der Waals surface area contributed by atoms with Crippen molar-refractivity contribution in [3.63, 3.8) is 0 Å². The average molecular weight is 442 g/mol. The van der Waals surface area contributed by atoms with Crippen LogP contribution < -0.4 is 20.1 Å². The smallest absolute Gasteiger partial charge is 0.309 e. The zero-order valence-corrected chi connectivity index (χ0v) is 17.7. The Labute approximate surface area is 175 Å². The molecular weight excluding hydrogens is 414 g/mol. The molecule has 1 aromatic carbocycles. The van der Waals surface area contributed by atoms with Gasteiger partial charge in [-0.15, -0.1) is 0 Å². The zero-order chi connectivity index (χ0) is 21.6. The highest BCUT2D eigenvalue weighted by atomic mass is 32.2. The fraction of sp³-hybridized carbons (Fsp3) is 0.579. The summed E-state index contributed by atoms with van der Waals surface area (Å²) in [6, 6.07) is 4.44. The summed E-state index contributed by atoms with van der Waals surface area (Å²) in [6.07, 6.45) is 1.27.